The van der Waals surface area contributed by atoms with Crippen molar-refractivity contribution in [2.24, 2.45) is 11.7 Å². The molecule has 1 aromatic carbocycles. The van der Waals surface area contributed by atoms with Crippen molar-refractivity contribution in [3.63, 3.8) is 0 Å². The fourth-order valence-corrected chi connectivity index (χ4v) is 2.72. The van der Waals surface area contributed by atoms with E-state index in [-0.39, 0.29) is 11.9 Å². The van der Waals surface area contributed by atoms with Crippen molar-refractivity contribution in [2.75, 3.05) is 0 Å². The summed E-state index contributed by atoms with van der Waals surface area (Å²) in [4.78, 5) is 0. The van der Waals surface area contributed by atoms with Crippen molar-refractivity contribution in [1.82, 2.24) is 0 Å². The number of hydrogen-bond acceptors (Lipinski definition) is 1. The van der Waals surface area contributed by atoms with Gasteiger partial charge in [0.15, 0.2) is 0 Å². The summed E-state index contributed by atoms with van der Waals surface area (Å²) in [5.41, 5.74) is 8.16. The highest BCUT2D eigenvalue weighted by Crippen LogP contribution is 2.33. The maximum absolute atomic E-state index is 13.3. The van der Waals surface area contributed by atoms with Crippen molar-refractivity contribution in [2.45, 2.75) is 45.1 Å². The van der Waals surface area contributed by atoms with Gasteiger partial charge in [-0.05, 0) is 48.9 Å². The van der Waals surface area contributed by atoms with Gasteiger partial charge in [-0.3, -0.25) is 0 Å². The van der Waals surface area contributed by atoms with Gasteiger partial charge >= 0.3 is 0 Å². The molecule has 0 saturated heterocycles. The lowest BCUT2D eigenvalue weighted by Crippen LogP contribution is -2.23. The van der Waals surface area contributed by atoms with Crippen LogP contribution in [0.3, 0.4) is 0 Å². The van der Waals surface area contributed by atoms with Crippen molar-refractivity contribution in [3.05, 3.63) is 35.1 Å². The smallest absolute Gasteiger partial charge is 0.123 e. The predicted octanol–water partition coefficient (Wildman–Crippen LogP) is 3.71. The average molecular weight is 221 g/mol. The highest BCUT2D eigenvalue weighted by atomic mass is 19.1. The first-order valence-corrected chi connectivity index (χ1v) is 6.19. The minimum absolute atomic E-state index is 0.00898. The number of benzene rings is 1. The summed E-state index contributed by atoms with van der Waals surface area (Å²) in [5, 5.41) is 0. The molecular formula is C14H20FN. The van der Waals surface area contributed by atoms with Crippen molar-refractivity contribution in [1.29, 1.82) is 0 Å². The average Bonchev–Trinajstić information content (AvgIpc) is 2.28. The minimum Gasteiger partial charge on any atom is -0.324 e. The molecule has 16 heavy (non-hydrogen) atoms. The second-order valence-corrected chi connectivity index (χ2v) is 4.99. The van der Waals surface area contributed by atoms with Gasteiger partial charge < -0.3 is 5.73 Å². The molecular weight excluding hydrogens is 201 g/mol. The number of halogens is 1. The molecule has 2 rings (SSSR count). The maximum atomic E-state index is 13.3. The Bertz CT molecular complexity index is 336. The van der Waals surface area contributed by atoms with Gasteiger partial charge in [0.1, 0.15) is 5.82 Å². The number of hydrogen-bond donors (Lipinski definition) is 1. The molecule has 2 heteroatoms. The van der Waals surface area contributed by atoms with Crippen LogP contribution in [-0.2, 0) is 0 Å². The summed E-state index contributed by atoms with van der Waals surface area (Å²) in [5.74, 6) is 0.371. The Labute approximate surface area is 96.9 Å². The maximum Gasteiger partial charge on any atom is 0.123 e. The van der Waals surface area contributed by atoms with E-state index in [0.29, 0.717) is 5.92 Å². The van der Waals surface area contributed by atoms with Gasteiger partial charge in [0, 0.05) is 6.04 Å². The monoisotopic (exact) mass is 221 g/mol. The topological polar surface area (TPSA) is 26.0 Å². The van der Waals surface area contributed by atoms with Crippen LogP contribution in [0.15, 0.2) is 18.2 Å². The molecule has 1 nitrogen and oxygen atoms in total. The van der Waals surface area contributed by atoms with Crippen LogP contribution >= 0.6 is 0 Å². The van der Waals surface area contributed by atoms with Gasteiger partial charge in [-0.2, -0.15) is 0 Å². The summed E-state index contributed by atoms with van der Waals surface area (Å²) >= 11 is 0. The van der Waals surface area contributed by atoms with Crippen LogP contribution < -0.4 is 5.73 Å². The van der Waals surface area contributed by atoms with Crippen LogP contribution in [0.25, 0.3) is 0 Å². The summed E-state index contributed by atoms with van der Waals surface area (Å²) in [6.45, 7) is 1.92. The van der Waals surface area contributed by atoms with E-state index in [4.69, 9.17) is 5.73 Å². The first kappa shape index (κ1) is 11.6. The van der Waals surface area contributed by atoms with Gasteiger partial charge in [-0.1, -0.05) is 25.3 Å². The summed E-state index contributed by atoms with van der Waals surface area (Å²) in [6.07, 6.45) is 6.25. The Hall–Kier alpha value is -0.890. The number of aryl methyl sites for hydroxylation is 1. The van der Waals surface area contributed by atoms with Gasteiger partial charge in [0.25, 0.3) is 0 Å². The molecule has 1 atom stereocenters. The highest BCUT2D eigenvalue weighted by Gasteiger charge is 2.22. The van der Waals surface area contributed by atoms with Gasteiger partial charge in [0.05, 0.1) is 0 Å². The molecule has 1 aliphatic carbocycles. The lowest BCUT2D eigenvalue weighted by molar-refractivity contribution is 0.307. The SMILES string of the molecule is Cc1cc(F)cc(C(N)C2CCCCC2)c1. The molecule has 1 unspecified atom stereocenters. The lowest BCUT2D eigenvalue weighted by atomic mass is 9.81. The minimum atomic E-state index is -0.166. The van der Waals surface area contributed by atoms with E-state index >= 15 is 0 Å². The molecule has 0 spiro atoms. The second-order valence-electron chi connectivity index (χ2n) is 4.99. The van der Waals surface area contributed by atoms with Crippen LogP contribution in [0, 0.1) is 18.7 Å². The van der Waals surface area contributed by atoms with Crippen molar-refractivity contribution in [3.8, 4) is 0 Å². The molecule has 0 radical (unpaired) electrons. The van der Waals surface area contributed by atoms with Crippen molar-refractivity contribution >= 4 is 0 Å². The molecule has 1 fully saturated rings. The Balaban J connectivity index is 2.15. The van der Waals surface area contributed by atoms with E-state index in [1.54, 1.807) is 12.1 Å². The molecule has 1 aliphatic rings. The lowest BCUT2D eigenvalue weighted by Gasteiger charge is -2.28. The summed E-state index contributed by atoms with van der Waals surface area (Å²) < 4.78 is 13.3. The van der Waals surface area contributed by atoms with E-state index in [9.17, 15) is 4.39 Å². The van der Waals surface area contributed by atoms with E-state index in [2.05, 4.69) is 0 Å². The van der Waals surface area contributed by atoms with Crippen LogP contribution in [0.2, 0.25) is 0 Å². The largest absolute Gasteiger partial charge is 0.324 e. The zero-order chi connectivity index (χ0) is 11.5. The Morgan fingerprint density at radius 1 is 1.19 bits per heavy atom. The fraction of sp³-hybridized carbons (Fsp3) is 0.571. The first-order valence-electron chi connectivity index (χ1n) is 6.19. The molecule has 88 valence electrons. The standard InChI is InChI=1S/C14H20FN/c1-10-7-12(9-13(15)8-10)14(16)11-5-3-2-4-6-11/h7-9,11,14H,2-6,16H2,1H3. The third-order valence-electron chi connectivity index (χ3n) is 3.61. The van der Waals surface area contributed by atoms with E-state index in [1.807, 2.05) is 13.0 Å². The normalized spacial score (nSPS) is 19.7. The van der Waals surface area contributed by atoms with Crippen LogP contribution in [0.1, 0.15) is 49.3 Å². The molecule has 0 aromatic heterocycles. The highest BCUT2D eigenvalue weighted by molar-refractivity contribution is 5.26. The summed E-state index contributed by atoms with van der Waals surface area (Å²) in [7, 11) is 0. The van der Waals surface area contributed by atoms with Gasteiger partial charge in [0.2, 0.25) is 0 Å². The first-order chi connectivity index (χ1) is 7.66. The third-order valence-corrected chi connectivity index (χ3v) is 3.61. The molecule has 2 N–H and O–H groups in total. The molecule has 0 amide bonds. The zero-order valence-electron chi connectivity index (χ0n) is 9.88. The van der Waals surface area contributed by atoms with Crippen LogP contribution in [0.4, 0.5) is 4.39 Å². The molecule has 0 bridgehead atoms. The zero-order valence-corrected chi connectivity index (χ0v) is 9.88. The second kappa shape index (κ2) is 4.96. The Morgan fingerprint density at radius 2 is 1.88 bits per heavy atom. The molecule has 0 heterocycles. The molecule has 1 saturated carbocycles. The number of rotatable bonds is 2. The van der Waals surface area contributed by atoms with Crippen LogP contribution in [0.5, 0.6) is 0 Å². The van der Waals surface area contributed by atoms with E-state index < -0.39 is 0 Å². The molecule has 0 aliphatic heterocycles. The molecule has 1 aromatic rings. The van der Waals surface area contributed by atoms with Crippen molar-refractivity contribution < 1.29 is 4.39 Å². The van der Waals surface area contributed by atoms with Crippen LogP contribution in [-0.4, -0.2) is 0 Å². The Morgan fingerprint density at radius 3 is 2.50 bits per heavy atom. The third kappa shape index (κ3) is 2.62. The number of nitrogens with two attached hydrogens (primary N) is 1. The quantitative estimate of drug-likeness (QED) is 0.809. The van der Waals surface area contributed by atoms with Gasteiger partial charge in [-0.25, -0.2) is 4.39 Å². The van der Waals surface area contributed by atoms with E-state index in [1.165, 1.54) is 32.1 Å². The van der Waals surface area contributed by atoms with E-state index in [0.717, 1.165) is 11.1 Å². The fourth-order valence-electron chi connectivity index (χ4n) is 2.72. The Kier molecular flexibility index (Phi) is 3.59. The van der Waals surface area contributed by atoms with Gasteiger partial charge in [-0.15, -0.1) is 0 Å². The summed E-state index contributed by atoms with van der Waals surface area (Å²) in [6, 6.07) is 5.17. The predicted molar refractivity (Wildman–Crippen MR) is 64.6 cm³/mol.